The number of fused-ring (bicyclic) bond motifs is 1. The zero-order valence-corrected chi connectivity index (χ0v) is 17.6. The van der Waals surface area contributed by atoms with Crippen LogP contribution in [0, 0.1) is 0 Å². The van der Waals surface area contributed by atoms with Crippen molar-refractivity contribution in [2.45, 2.75) is 38.6 Å². The number of nitrogens with one attached hydrogen (secondary N) is 3. The summed E-state index contributed by atoms with van der Waals surface area (Å²) >= 11 is 0. The summed E-state index contributed by atoms with van der Waals surface area (Å²) in [6.07, 6.45) is 5.07. The number of carbonyl (C=O) groups is 3. The molecule has 0 unspecified atom stereocenters. The minimum absolute atomic E-state index is 0.0186. The maximum absolute atomic E-state index is 12.4. The van der Waals surface area contributed by atoms with Crippen molar-refractivity contribution in [1.82, 2.24) is 5.32 Å². The average molecular weight is 431 g/mol. The molecule has 1 aromatic heterocycles. The summed E-state index contributed by atoms with van der Waals surface area (Å²) in [5.74, 6) is 0.416. The van der Waals surface area contributed by atoms with E-state index in [1.165, 1.54) is 11.1 Å². The molecule has 3 amide bonds. The Morgan fingerprint density at radius 3 is 2.34 bits per heavy atom. The highest BCUT2D eigenvalue weighted by atomic mass is 16.3. The van der Waals surface area contributed by atoms with Crippen molar-refractivity contribution in [3.8, 4) is 0 Å². The van der Waals surface area contributed by atoms with Crippen molar-refractivity contribution in [1.29, 1.82) is 0 Å². The third kappa shape index (κ3) is 5.63. The standard InChI is InChI=1S/C25H25N3O4/c29-23(19-7-6-17-3-1-4-18(17)15-19)12-13-24(30)27-20-8-10-21(11-9-20)28-25(31)26-16-22-5-2-14-32-22/h2,5-11,14-15H,1,3-4,12-13,16H2,(H,27,30)(H2,26,28,31). The van der Waals surface area contributed by atoms with Gasteiger partial charge in [0, 0.05) is 29.8 Å². The van der Waals surface area contributed by atoms with Crippen molar-refractivity contribution in [3.05, 3.63) is 83.3 Å². The molecular formula is C25H25N3O4. The van der Waals surface area contributed by atoms with E-state index < -0.39 is 0 Å². The summed E-state index contributed by atoms with van der Waals surface area (Å²) < 4.78 is 5.16. The molecule has 3 N–H and O–H groups in total. The molecule has 0 fully saturated rings. The van der Waals surface area contributed by atoms with Crippen molar-refractivity contribution in [3.63, 3.8) is 0 Å². The van der Waals surface area contributed by atoms with Crippen LogP contribution in [0.2, 0.25) is 0 Å². The Bertz CT molecular complexity index is 1100. The zero-order chi connectivity index (χ0) is 22.3. The van der Waals surface area contributed by atoms with Crippen molar-refractivity contribution >= 4 is 29.1 Å². The summed E-state index contributed by atoms with van der Waals surface area (Å²) in [6, 6.07) is 15.8. The Kier molecular flexibility index (Phi) is 6.65. The molecule has 3 aromatic rings. The van der Waals surface area contributed by atoms with Gasteiger partial charge in [0.05, 0.1) is 12.8 Å². The number of benzene rings is 2. The summed E-state index contributed by atoms with van der Waals surface area (Å²) in [5.41, 5.74) is 4.45. The van der Waals surface area contributed by atoms with Crippen LogP contribution in [-0.2, 0) is 24.2 Å². The van der Waals surface area contributed by atoms with E-state index in [4.69, 9.17) is 4.42 Å². The third-order valence-corrected chi connectivity index (χ3v) is 5.43. The van der Waals surface area contributed by atoms with Gasteiger partial charge in [-0.05, 0) is 72.9 Å². The zero-order valence-electron chi connectivity index (χ0n) is 17.6. The van der Waals surface area contributed by atoms with Gasteiger partial charge in [0.15, 0.2) is 5.78 Å². The van der Waals surface area contributed by atoms with Gasteiger partial charge < -0.3 is 20.4 Å². The van der Waals surface area contributed by atoms with E-state index in [0.29, 0.717) is 22.7 Å². The van der Waals surface area contributed by atoms with E-state index in [0.717, 1.165) is 19.3 Å². The fourth-order valence-corrected chi connectivity index (χ4v) is 3.73. The number of hydrogen-bond donors (Lipinski definition) is 3. The summed E-state index contributed by atoms with van der Waals surface area (Å²) in [5, 5.41) is 8.18. The Labute approximate surface area is 186 Å². The van der Waals surface area contributed by atoms with Crippen molar-refractivity contribution in [2.24, 2.45) is 0 Å². The summed E-state index contributed by atoms with van der Waals surface area (Å²) in [7, 11) is 0. The molecule has 0 radical (unpaired) electrons. The van der Waals surface area contributed by atoms with Crippen LogP contribution in [0.3, 0.4) is 0 Å². The van der Waals surface area contributed by atoms with E-state index in [1.807, 2.05) is 18.2 Å². The van der Waals surface area contributed by atoms with Gasteiger partial charge in [0.1, 0.15) is 5.76 Å². The first-order valence-electron chi connectivity index (χ1n) is 10.7. The number of rotatable bonds is 8. The van der Waals surface area contributed by atoms with Crippen LogP contribution in [0.25, 0.3) is 0 Å². The molecule has 0 spiro atoms. The van der Waals surface area contributed by atoms with Gasteiger partial charge >= 0.3 is 6.03 Å². The third-order valence-electron chi connectivity index (χ3n) is 5.43. The van der Waals surface area contributed by atoms with Crippen LogP contribution in [-0.4, -0.2) is 17.7 Å². The van der Waals surface area contributed by atoms with E-state index in [9.17, 15) is 14.4 Å². The molecule has 0 saturated heterocycles. The van der Waals surface area contributed by atoms with Gasteiger partial charge in [-0.2, -0.15) is 0 Å². The van der Waals surface area contributed by atoms with E-state index in [-0.39, 0.29) is 37.1 Å². The maximum atomic E-state index is 12.4. The van der Waals surface area contributed by atoms with Crippen molar-refractivity contribution in [2.75, 3.05) is 10.6 Å². The fraction of sp³-hybridized carbons (Fsp3) is 0.240. The molecule has 1 aliphatic rings. The molecule has 0 saturated carbocycles. The highest BCUT2D eigenvalue weighted by Gasteiger charge is 2.15. The quantitative estimate of drug-likeness (QED) is 0.450. The van der Waals surface area contributed by atoms with Gasteiger partial charge in [-0.15, -0.1) is 0 Å². The Hall–Kier alpha value is -3.87. The summed E-state index contributed by atoms with van der Waals surface area (Å²) in [4.78, 5) is 36.6. The van der Waals surface area contributed by atoms with Gasteiger partial charge in [0.25, 0.3) is 0 Å². The number of amides is 3. The van der Waals surface area contributed by atoms with Gasteiger partial charge in [-0.1, -0.05) is 12.1 Å². The first kappa shape index (κ1) is 21.4. The second-order valence-electron chi connectivity index (χ2n) is 7.77. The lowest BCUT2D eigenvalue weighted by Crippen LogP contribution is -2.27. The molecule has 0 atom stereocenters. The number of aryl methyl sites for hydroxylation is 2. The maximum Gasteiger partial charge on any atom is 0.319 e. The number of Topliss-reactive ketones (excluding diaryl/α,β-unsaturated/α-hetero) is 1. The number of ketones is 1. The first-order valence-corrected chi connectivity index (χ1v) is 10.7. The minimum atomic E-state index is -0.358. The van der Waals surface area contributed by atoms with Gasteiger partial charge in [0.2, 0.25) is 5.91 Å². The number of urea groups is 1. The number of furan rings is 1. The second kappa shape index (κ2) is 9.96. The van der Waals surface area contributed by atoms with E-state index in [2.05, 4.69) is 16.0 Å². The fourth-order valence-electron chi connectivity index (χ4n) is 3.73. The smallest absolute Gasteiger partial charge is 0.319 e. The van der Waals surface area contributed by atoms with Crippen LogP contribution in [0.15, 0.2) is 65.3 Å². The molecule has 0 bridgehead atoms. The van der Waals surface area contributed by atoms with Crippen LogP contribution >= 0.6 is 0 Å². The Morgan fingerprint density at radius 2 is 1.59 bits per heavy atom. The monoisotopic (exact) mass is 431 g/mol. The SMILES string of the molecule is O=C(CCC(=O)c1ccc2c(c1)CCC2)Nc1ccc(NC(=O)NCc2ccco2)cc1. The van der Waals surface area contributed by atoms with E-state index >= 15 is 0 Å². The Morgan fingerprint density at radius 1 is 0.844 bits per heavy atom. The molecule has 1 aliphatic carbocycles. The van der Waals surface area contributed by atoms with Crippen molar-refractivity contribution < 1.29 is 18.8 Å². The molecule has 7 nitrogen and oxygen atoms in total. The lowest BCUT2D eigenvalue weighted by molar-refractivity contribution is -0.116. The minimum Gasteiger partial charge on any atom is -0.467 e. The normalized spacial score (nSPS) is 12.1. The molecule has 32 heavy (non-hydrogen) atoms. The molecule has 164 valence electrons. The van der Waals surface area contributed by atoms with Gasteiger partial charge in [-0.3, -0.25) is 9.59 Å². The summed E-state index contributed by atoms with van der Waals surface area (Å²) in [6.45, 7) is 0.289. The number of carbonyl (C=O) groups excluding carboxylic acids is 3. The van der Waals surface area contributed by atoms with Crippen LogP contribution in [0.4, 0.5) is 16.2 Å². The molecular weight excluding hydrogens is 406 g/mol. The number of hydrogen-bond acceptors (Lipinski definition) is 4. The number of anilines is 2. The van der Waals surface area contributed by atoms with Gasteiger partial charge in [-0.25, -0.2) is 4.79 Å². The molecule has 1 heterocycles. The lowest BCUT2D eigenvalue weighted by atomic mass is 10.0. The predicted octanol–water partition coefficient (Wildman–Crippen LogP) is 4.69. The van der Waals surface area contributed by atoms with Crippen LogP contribution in [0.1, 0.15) is 46.5 Å². The van der Waals surface area contributed by atoms with E-state index in [1.54, 1.807) is 42.7 Å². The molecule has 4 rings (SSSR count). The lowest BCUT2D eigenvalue weighted by Gasteiger charge is -2.09. The molecule has 0 aliphatic heterocycles. The second-order valence-corrected chi connectivity index (χ2v) is 7.77. The first-order chi connectivity index (χ1) is 15.6. The molecule has 7 heteroatoms. The predicted molar refractivity (Wildman–Crippen MR) is 122 cm³/mol. The largest absolute Gasteiger partial charge is 0.467 e. The Balaban J connectivity index is 1.21. The van der Waals surface area contributed by atoms with Crippen LogP contribution < -0.4 is 16.0 Å². The van der Waals surface area contributed by atoms with Crippen LogP contribution in [0.5, 0.6) is 0 Å². The molecule has 2 aromatic carbocycles. The highest BCUT2D eigenvalue weighted by Crippen LogP contribution is 2.23. The highest BCUT2D eigenvalue weighted by molar-refractivity contribution is 6.00. The topological polar surface area (TPSA) is 100 Å². The average Bonchev–Trinajstić information content (AvgIpc) is 3.49.